The van der Waals surface area contributed by atoms with E-state index in [0.717, 1.165) is 25.9 Å². The van der Waals surface area contributed by atoms with Crippen LogP contribution in [0.3, 0.4) is 0 Å². The van der Waals surface area contributed by atoms with E-state index >= 15 is 0 Å². The van der Waals surface area contributed by atoms with Gasteiger partial charge in [-0.25, -0.2) is 0 Å². The summed E-state index contributed by atoms with van der Waals surface area (Å²) >= 11 is 7.83. The lowest BCUT2D eigenvalue weighted by atomic mass is 10.1. The number of benzene rings is 2. The Labute approximate surface area is 119 Å². The van der Waals surface area contributed by atoms with Crippen molar-refractivity contribution in [1.82, 2.24) is 0 Å². The second kappa shape index (κ2) is 5.91. The first-order chi connectivity index (χ1) is 8.63. The Morgan fingerprint density at radius 3 is 2.50 bits per heavy atom. The molecule has 0 fully saturated rings. The summed E-state index contributed by atoms with van der Waals surface area (Å²) < 4.78 is 11.7. The van der Waals surface area contributed by atoms with Crippen molar-refractivity contribution < 1.29 is 4.21 Å². The summed E-state index contributed by atoms with van der Waals surface area (Å²) in [5, 5.41) is 0.733. The molecule has 0 radical (unpaired) electrons. The highest BCUT2D eigenvalue weighted by Gasteiger charge is 2.09. The summed E-state index contributed by atoms with van der Waals surface area (Å²) in [6.07, 6.45) is 3.69. The van der Waals surface area contributed by atoms with E-state index in [9.17, 15) is 4.21 Å². The van der Waals surface area contributed by atoms with Crippen LogP contribution in [0.25, 0.3) is 11.1 Å². The quantitative estimate of drug-likeness (QED) is 0.778. The first-order valence-electron chi connectivity index (χ1n) is 5.40. The van der Waals surface area contributed by atoms with Gasteiger partial charge in [-0.3, -0.25) is 4.21 Å². The van der Waals surface area contributed by atoms with Crippen molar-refractivity contribution in [1.29, 1.82) is 0 Å². The van der Waals surface area contributed by atoms with Crippen LogP contribution in [0.15, 0.2) is 52.3 Å². The van der Waals surface area contributed by atoms with E-state index in [0.29, 0.717) is 0 Å². The van der Waals surface area contributed by atoms with Crippen molar-refractivity contribution in [2.45, 2.75) is 9.79 Å². The van der Waals surface area contributed by atoms with Crippen LogP contribution in [-0.4, -0.2) is 16.7 Å². The molecule has 2 aromatic rings. The molecule has 1 nitrogen and oxygen atoms in total. The molecule has 0 N–H and O–H groups in total. The number of hydrogen-bond acceptors (Lipinski definition) is 2. The molecule has 1 atom stereocenters. The summed E-state index contributed by atoms with van der Waals surface area (Å²) in [6, 6.07) is 13.7. The minimum atomic E-state index is -1.00. The minimum Gasteiger partial charge on any atom is -0.255 e. The molecular weight excluding hydrogens is 284 g/mol. The average Bonchev–Trinajstić information content (AvgIpc) is 2.38. The standard InChI is InChI=1S/C14H13ClOS2/c1-17-13-8-7-10(9-12(13)15)11-5-3-4-6-14(11)18(2)16/h3-9H,1-2H3. The molecule has 0 saturated heterocycles. The summed E-state index contributed by atoms with van der Waals surface area (Å²) in [4.78, 5) is 1.89. The van der Waals surface area contributed by atoms with Crippen LogP contribution < -0.4 is 0 Å². The van der Waals surface area contributed by atoms with Gasteiger partial charge in [-0.05, 0) is 35.6 Å². The van der Waals surface area contributed by atoms with Crippen LogP contribution in [0, 0.1) is 0 Å². The first-order valence-corrected chi connectivity index (χ1v) is 8.56. The Morgan fingerprint density at radius 1 is 1.17 bits per heavy atom. The Kier molecular flexibility index (Phi) is 4.49. The third-order valence-electron chi connectivity index (χ3n) is 2.66. The van der Waals surface area contributed by atoms with Crippen LogP contribution in [0.4, 0.5) is 0 Å². The monoisotopic (exact) mass is 296 g/mol. The fourth-order valence-electron chi connectivity index (χ4n) is 1.79. The predicted molar refractivity (Wildman–Crippen MR) is 81.0 cm³/mol. The lowest BCUT2D eigenvalue weighted by Crippen LogP contribution is -1.91. The predicted octanol–water partition coefficient (Wildman–Crippen LogP) is 4.47. The smallest absolute Gasteiger partial charge is 0.0547 e. The molecule has 0 aliphatic carbocycles. The second-order valence-corrected chi connectivity index (χ2v) is 6.40. The van der Waals surface area contributed by atoms with Gasteiger partial charge in [0.1, 0.15) is 0 Å². The van der Waals surface area contributed by atoms with Gasteiger partial charge in [0.05, 0.1) is 15.8 Å². The molecule has 1 unspecified atom stereocenters. The number of hydrogen-bond donors (Lipinski definition) is 0. The first kappa shape index (κ1) is 13.7. The Bertz CT molecular complexity index is 596. The van der Waals surface area contributed by atoms with Crippen LogP contribution in [0.1, 0.15) is 0 Å². The summed E-state index contributed by atoms with van der Waals surface area (Å²) in [6.45, 7) is 0. The maximum atomic E-state index is 11.7. The highest BCUT2D eigenvalue weighted by atomic mass is 35.5. The van der Waals surface area contributed by atoms with E-state index in [-0.39, 0.29) is 0 Å². The van der Waals surface area contributed by atoms with Gasteiger partial charge in [0.2, 0.25) is 0 Å². The highest BCUT2D eigenvalue weighted by molar-refractivity contribution is 7.98. The maximum Gasteiger partial charge on any atom is 0.0547 e. The molecule has 18 heavy (non-hydrogen) atoms. The van der Waals surface area contributed by atoms with Crippen LogP contribution in [0.5, 0.6) is 0 Å². The van der Waals surface area contributed by atoms with Gasteiger partial charge in [0.15, 0.2) is 0 Å². The minimum absolute atomic E-state index is 0.733. The van der Waals surface area contributed by atoms with E-state index < -0.39 is 10.8 Å². The third-order valence-corrected chi connectivity index (χ3v) is 4.86. The number of thioether (sulfide) groups is 1. The molecule has 2 rings (SSSR count). The van der Waals surface area contributed by atoms with Gasteiger partial charge >= 0.3 is 0 Å². The molecule has 0 heterocycles. The van der Waals surface area contributed by atoms with Crippen molar-refractivity contribution >= 4 is 34.2 Å². The van der Waals surface area contributed by atoms with E-state index in [1.807, 2.05) is 48.7 Å². The molecule has 0 saturated carbocycles. The fourth-order valence-corrected chi connectivity index (χ4v) is 3.43. The van der Waals surface area contributed by atoms with Gasteiger partial charge in [-0.15, -0.1) is 11.8 Å². The molecule has 0 aliphatic rings. The van der Waals surface area contributed by atoms with Crippen molar-refractivity contribution in [3.63, 3.8) is 0 Å². The van der Waals surface area contributed by atoms with Gasteiger partial charge in [-0.2, -0.15) is 0 Å². The van der Waals surface area contributed by atoms with Crippen LogP contribution >= 0.6 is 23.4 Å². The Hall–Kier alpha value is -0.770. The van der Waals surface area contributed by atoms with E-state index in [4.69, 9.17) is 11.6 Å². The van der Waals surface area contributed by atoms with Gasteiger partial charge in [0.25, 0.3) is 0 Å². The van der Waals surface area contributed by atoms with Gasteiger partial charge < -0.3 is 0 Å². The number of rotatable bonds is 3. The average molecular weight is 297 g/mol. The van der Waals surface area contributed by atoms with E-state index in [2.05, 4.69) is 0 Å². The SMILES string of the molecule is CSc1ccc(-c2ccccc2S(C)=O)cc1Cl. The van der Waals surface area contributed by atoms with Crippen LogP contribution in [0.2, 0.25) is 5.02 Å². The van der Waals surface area contributed by atoms with E-state index in [1.165, 1.54) is 0 Å². The zero-order chi connectivity index (χ0) is 13.1. The lowest BCUT2D eigenvalue weighted by Gasteiger charge is -2.09. The molecule has 0 aromatic heterocycles. The second-order valence-electron chi connectivity index (χ2n) is 3.80. The fraction of sp³-hybridized carbons (Fsp3) is 0.143. The topological polar surface area (TPSA) is 17.1 Å². The molecule has 2 aromatic carbocycles. The molecule has 0 spiro atoms. The third kappa shape index (κ3) is 2.79. The van der Waals surface area contributed by atoms with Crippen molar-refractivity contribution in [2.24, 2.45) is 0 Å². The van der Waals surface area contributed by atoms with Gasteiger partial charge in [0, 0.05) is 16.0 Å². The van der Waals surface area contributed by atoms with E-state index in [1.54, 1.807) is 18.0 Å². The molecule has 0 bridgehead atoms. The molecule has 0 aliphatic heterocycles. The molecule has 0 amide bonds. The van der Waals surface area contributed by atoms with Crippen molar-refractivity contribution in [3.8, 4) is 11.1 Å². The normalized spacial score (nSPS) is 12.4. The lowest BCUT2D eigenvalue weighted by molar-refractivity contribution is 0.687. The highest BCUT2D eigenvalue weighted by Crippen LogP contribution is 2.32. The summed E-state index contributed by atoms with van der Waals surface area (Å²) in [5.41, 5.74) is 1.98. The molecule has 4 heteroatoms. The zero-order valence-corrected chi connectivity index (χ0v) is 12.5. The van der Waals surface area contributed by atoms with Gasteiger partial charge in [-0.1, -0.05) is 35.9 Å². The van der Waals surface area contributed by atoms with Crippen LogP contribution in [-0.2, 0) is 10.8 Å². The summed E-state index contributed by atoms with van der Waals surface area (Å²) in [5.74, 6) is 0. The Balaban J connectivity index is 2.55. The molecule has 94 valence electrons. The Morgan fingerprint density at radius 2 is 1.89 bits per heavy atom. The van der Waals surface area contributed by atoms with Crippen molar-refractivity contribution in [2.75, 3.05) is 12.5 Å². The summed E-state index contributed by atoms with van der Waals surface area (Å²) in [7, 11) is -1.00. The molecular formula is C14H13ClOS2. The largest absolute Gasteiger partial charge is 0.255 e. The van der Waals surface area contributed by atoms with Crippen molar-refractivity contribution in [3.05, 3.63) is 47.5 Å². The number of halogens is 1. The maximum absolute atomic E-state index is 11.7. The zero-order valence-electron chi connectivity index (χ0n) is 10.1.